The molecule has 1 amide bonds. The Kier molecular flexibility index (Phi) is 7.98. The summed E-state index contributed by atoms with van der Waals surface area (Å²) in [4.78, 5) is 12.7. The highest BCUT2D eigenvalue weighted by atomic mass is 32.2. The first-order chi connectivity index (χ1) is 14.3. The molecular formula is C21H29N3O5S2. The van der Waals surface area contributed by atoms with Gasteiger partial charge in [0.2, 0.25) is 20.0 Å². The summed E-state index contributed by atoms with van der Waals surface area (Å²) in [6.45, 7) is 7.18. The predicted octanol–water partition coefficient (Wildman–Crippen LogP) is 2.33. The minimum absolute atomic E-state index is 0.0117. The number of carbonyl (C=O) groups is 1. The second kappa shape index (κ2) is 9.90. The lowest BCUT2D eigenvalue weighted by Gasteiger charge is -2.21. The van der Waals surface area contributed by atoms with E-state index in [0.29, 0.717) is 5.56 Å². The summed E-state index contributed by atoms with van der Waals surface area (Å²) in [5.74, 6) is -0.433. The van der Waals surface area contributed by atoms with Crippen LogP contribution in [-0.2, 0) is 26.6 Å². The largest absolute Gasteiger partial charge is 0.348 e. The Morgan fingerprint density at radius 2 is 1.55 bits per heavy atom. The summed E-state index contributed by atoms with van der Waals surface area (Å²) < 4.78 is 53.4. The summed E-state index contributed by atoms with van der Waals surface area (Å²) in [5, 5.41) is 2.72. The molecule has 0 aliphatic rings. The molecule has 2 aromatic rings. The maximum atomic E-state index is 12.5. The fourth-order valence-corrected chi connectivity index (χ4v) is 5.35. The molecule has 2 aromatic carbocycles. The van der Waals surface area contributed by atoms with Crippen LogP contribution in [0.4, 0.5) is 0 Å². The molecule has 0 aliphatic carbocycles. The van der Waals surface area contributed by atoms with Crippen LogP contribution in [0.15, 0.2) is 58.3 Å². The van der Waals surface area contributed by atoms with E-state index in [1.807, 2.05) is 0 Å². The maximum Gasteiger partial charge on any atom is 0.251 e. The second-order valence-electron chi connectivity index (χ2n) is 7.75. The number of nitrogens with zero attached hydrogens (tertiary/aromatic N) is 1. The highest BCUT2D eigenvalue weighted by Crippen LogP contribution is 2.17. The molecule has 0 unspecified atom stereocenters. The van der Waals surface area contributed by atoms with Gasteiger partial charge in [0.25, 0.3) is 5.91 Å². The topological polar surface area (TPSA) is 113 Å². The van der Waals surface area contributed by atoms with Gasteiger partial charge in [0.1, 0.15) is 0 Å². The van der Waals surface area contributed by atoms with Gasteiger partial charge in [-0.05, 0) is 63.6 Å². The van der Waals surface area contributed by atoms with E-state index < -0.39 is 26.0 Å². The van der Waals surface area contributed by atoms with Gasteiger partial charge in [-0.2, -0.15) is 4.31 Å². The fourth-order valence-electron chi connectivity index (χ4n) is 2.69. The van der Waals surface area contributed by atoms with Crippen molar-refractivity contribution in [3.05, 3.63) is 59.7 Å². The third kappa shape index (κ3) is 6.36. The van der Waals surface area contributed by atoms with Crippen molar-refractivity contribution in [1.82, 2.24) is 14.3 Å². The Morgan fingerprint density at radius 3 is 2.10 bits per heavy atom. The molecule has 0 saturated heterocycles. The van der Waals surface area contributed by atoms with Crippen LogP contribution in [0.5, 0.6) is 0 Å². The van der Waals surface area contributed by atoms with E-state index in [-0.39, 0.29) is 34.0 Å². The van der Waals surface area contributed by atoms with Gasteiger partial charge in [-0.1, -0.05) is 18.2 Å². The average molecular weight is 468 g/mol. The number of benzene rings is 2. The number of hydrogen-bond acceptors (Lipinski definition) is 5. The molecule has 0 heterocycles. The molecule has 0 spiro atoms. The van der Waals surface area contributed by atoms with Crippen molar-refractivity contribution in [3.63, 3.8) is 0 Å². The smallest absolute Gasteiger partial charge is 0.251 e. The van der Waals surface area contributed by atoms with Gasteiger partial charge in [-0.3, -0.25) is 4.79 Å². The Hall–Kier alpha value is -2.27. The molecule has 170 valence electrons. The molecular weight excluding hydrogens is 438 g/mol. The second-order valence-corrected chi connectivity index (χ2v) is 11.5. The van der Waals surface area contributed by atoms with Crippen molar-refractivity contribution in [2.24, 2.45) is 0 Å². The Balaban J connectivity index is 2.09. The van der Waals surface area contributed by atoms with Crippen LogP contribution in [0.3, 0.4) is 0 Å². The van der Waals surface area contributed by atoms with Crippen molar-refractivity contribution >= 4 is 26.0 Å². The molecule has 8 nitrogen and oxygen atoms in total. The van der Waals surface area contributed by atoms with Crippen LogP contribution in [0.1, 0.15) is 43.6 Å². The quantitative estimate of drug-likeness (QED) is 0.588. The average Bonchev–Trinajstić information content (AvgIpc) is 2.70. The minimum atomic E-state index is -3.71. The van der Waals surface area contributed by atoms with Gasteiger partial charge >= 0.3 is 0 Å². The Labute approximate surface area is 184 Å². The fraction of sp³-hybridized carbons (Fsp3) is 0.381. The van der Waals surface area contributed by atoms with E-state index in [4.69, 9.17) is 0 Å². The van der Waals surface area contributed by atoms with Gasteiger partial charge in [-0.25, -0.2) is 21.6 Å². The van der Waals surface area contributed by atoms with E-state index in [1.165, 1.54) is 47.8 Å². The highest BCUT2D eigenvalue weighted by Gasteiger charge is 2.23. The first-order valence-corrected chi connectivity index (χ1v) is 12.7. The molecule has 0 saturated carbocycles. The lowest BCUT2D eigenvalue weighted by Crippen LogP contribution is -2.33. The molecule has 0 aromatic heterocycles. The van der Waals surface area contributed by atoms with Crippen LogP contribution in [-0.4, -0.2) is 46.2 Å². The molecule has 0 fully saturated rings. The Bertz CT molecular complexity index is 1130. The normalized spacial score (nSPS) is 12.5. The number of sulfonamides is 2. The monoisotopic (exact) mass is 467 g/mol. The van der Waals surface area contributed by atoms with E-state index in [0.717, 1.165) is 0 Å². The molecule has 0 bridgehead atoms. The van der Waals surface area contributed by atoms with Gasteiger partial charge in [-0.15, -0.1) is 0 Å². The minimum Gasteiger partial charge on any atom is -0.348 e. The molecule has 2 N–H and O–H groups in total. The SMILES string of the molecule is CC(C)NS(=O)(=O)c1cccc(C(=O)NCc2ccc(S(=O)(=O)N(C)C(C)C)cc2)c1. The molecule has 10 heteroatoms. The zero-order valence-corrected chi connectivity index (χ0v) is 19.9. The van der Waals surface area contributed by atoms with Gasteiger partial charge in [0, 0.05) is 31.2 Å². The molecule has 0 aliphatic heterocycles. The van der Waals surface area contributed by atoms with Gasteiger partial charge in [0.05, 0.1) is 9.79 Å². The van der Waals surface area contributed by atoms with Crippen molar-refractivity contribution < 1.29 is 21.6 Å². The Morgan fingerprint density at radius 1 is 0.935 bits per heavy atom. The number of carbonyl (C=O) groups excluding carboxylic acids is 1. The number of hydrogen-bond donors (Lipinski definition) is 2. The number of amides is 1. The van der Waals surface area contributed by atoms with E-state index in [9.17, 15) is 21.6 Å². The first kappa shape index (κ1) is 25.0. The van der Waals surface area contributed by atoms with Crippen molar-refractivity contribution in [1.29, 1.82) is 0 Å². The molecule has 2 rings (SSSR count). The van der Waals surface area contributed by atoms with E-state index >= 15 is 0 Å². The summed E-state index contributed by atoms with van der Waals surface area (Å²) in [7, 11) is -5.75. The highest BCUT2D eigenvalue weighted by molar-refractivity contribution is 7.89. The van der Waals surface area contributed by atoms with Crippen molar-refractivity contribution in [3.8, 4) is 0 Å². The maximum absolute atomic E-state index is 12.5. The van der Waals surface area contributed by atoms with Crippen molar-refractivity contribution in [2.75, 3.05) is 7.05 Å². The molecule has 0 atom stereocenters. The van der Waals surface area contributed by atoms with Crippen LogP contribution in [0.2, 0.25) is 0 Å². The number of rotatable bonds is 9. The van der Waals surface area contributed by atoms with E-state index in [2.05, 4.69) is 10.0 Å². The predicted molar refractivity (Wildman–Crippen MR) is 120 cm³/mol. The van der Waals surface area contributed by atoms with Gasteiger partial charge < -0.3 is 5.32 Å². The molecule has 31 heavy (non-hydrogen) atoms. The van der Waals surface area contributed by atoms with Crippen LogP contribution >= 0.6 is 0 Å². The van der Waals surface area contributed by atoms with E-state index in [1.54, 1.807) is 39.8 Å². The van der Waals surface area contributed by atoms with Gasteiger partial charge in [0.15, 0.2) is 0 Å². The third-order valence-electron chi connectivity index (χ3n) is 4.58. The number of nitrogens with one attached hydrogen (secondary N) is 2. The van der Waals surface area contributed by atoms with Crippen molar-refractivity contribution in [2.45, 2.75) is 56.1 Å². The van der Waals surface area contributed by atoms with Crippen LogP contribution in [0.25, 0.3) is 0 Å². The standard InChI is InChI=1S/C21H29N3O5S2/c1-15(2)23-30(26,27)20-8-6-7-18(13-20)21(25)22-14-17-9-11-19(12-10-17)31(28,29)24(5)16(3)4/h6-13,15-16,23H,14H2,1-5H3,(H,22,25). The third-order valence-corrected chi connectivity index (χ3v) is 8.28. The summed E-state index contributed by atoms with van der Waals surface area (Å²) >= 11 is 0. The summed E-state index contributed by atoms with van der Waals surface area (Å²) in [5.41, 5.74) is 0.925. The summed E-state index contributed by atoms with van der Waals surface area (Å²) in [6.07, 6.45) is 0. The first-order valence-electron chi connectivity index (χ1n) is 9.82. The lowest BCUT2D eigenvalue weighted by molar-refractivity contribution is 0.0950. The zero-order chi connectivity index (χ0) is 23.4. The molecule has 0 radical (unpaired) electrons. The summed E-state index contributed by atoms with van der Waals surface area (Å²) in [6, 6.07) is 11.6. The zero-order valence-electron chi connectivity index (χ0n) is 18.3. The lowest BCUT2D eigenvalue weighted by atomic mass is 10.2. The van der Waals surface area contributed by atoms with Crippen LogP contribution < -0.4 is 10.0 Å². The van der Waals surface area contributed by atoms with Crippen LogP contribution in [0, 0.1) is 0 Å².